The Kier molecular flexibility index (Phi) is 6.81. The minimum Gasteiger partial charge on any atom is -0.481 e. The number of anilines is 1. The van der Waals surface area contributed by atoms with Crippen LogP contribution in [0.1, 0.15) is 70.7 Å². The molecule has 1 spiro atoms. The van der Waals surface area contributed by atoms with E-state index in [9.17, 15) is 9.18 Å². The summed E-state index contributed by atoms with van der Waals surface area (Å²) in [6.07, 6.45) is 5.21. The molecule has 2 saturated heterocycles. The van der Waals surface area contributed by atoms with Crippen LogP contribution in [0.3, 0.4) is 0 Å². The van der Waals surface area contributed by atoms with Crippen molar-refractivity contribution in [2.75, 3.05) is 24.6 Å². The van der Waals surface area contributed by atoms with E-state index in [1.807, 2.05) is 25.5 Å². The summed E-state index contributed by atoms with van der Waals surface area (Å²) in [5.41, 5.74) is 0.632. The Labute approximate surface area is 239 Å². The number of carbonyl (C=O) groups excluding carboxylic acids is 1. The lowest BCUT2D eigenvalue weighted by molar-refractivity contribution is -0.0372. The highest BCUT2D eigenvalue weighted by molar-refractivity contribution is 14.1. The molecule has 0 bridgehead atoms. The van der Waals surface area contributed by atoms with Crippen LogP contribution in [0.4, 0.5) is 15.0 Å². The molecule has 39 heavy (non-hydrogen) atoms. The predicted octanol–water partition coefficient (Wildman–Crippen LogP) is 5.27. The Morgan fingerprint density at radius 3 is 2.77 bits per heavy atom. The molecule has 0 radical (unpaired) electrons. The number of rotatable bonds is 3. The third-order valence-electron chi connectivity index (χ3n) is 7.51. The van der Waals surface area contributed by atoms with Crippen molar-refractivity contribution in [3.05, 3.63) is 39.5 Å². The summed E-state index contributed by atoms with van der Waals surface area (Å²) >= 11 is 2.19. The van der Waals surface area contributed by atoms with E-state index >= 15 is 0 Å². The summed E-state index contributed by atoms with van der Waals surface area (Å²) < 4.78 is 35.3. The van der Waals surface area contributed by atoms with E-state index in [1.165, 1.54) is 6.07 Å². The third-order valence-corrected chi connectivity index (χ3v) is 8.24. The first kappa shape index (κ1) is 26.5. The third kappa shape index (κ3) is 5.01. The zero-order chi connectivity index (χ0) is 27.4. The fourth-order valence-corrected chi connectivity index (χ4v) is 6.29. The number of ether oxygens (including phenoxy) is 3. The Hall–Kier alpha value is -2.74. The van der Waals surface area contributed by atoms with Gasteiger partial charge in [0.2, 0.25) is 0 Å². The number of para-hydroxylation sites is 1. The summed E-state index contributed by atoms with van der Waals surface area (Å²) in [5.74, 6) is 0.495. The lowest BCUT2D eigenvalue weighted by atomic mass is 9.82. The molecule has 1 amide bonds. The molecule has 1 N–H and O–H groups in total. The molecular formula is C27H32FIN6O4. The second-order valence-corrected chi connectivity index (χ2v) is 12.4. The highest BCUT2D eigenvalue weighted by Crippen LogP contribution is 2.49. The van der Waals surface area contributed by atoms with Gasteiger partial charge in [-0.3, -0.25) is 0 Å². The first-order chi connectivity index (χ1) is 18.6. The van der Waals surface area contributed by atoms with E-state index < -0.39 is 29.2 Å². The average Bonchev–Trinajstić information content (AvgIpc) is 3.39. The van der Waals surface area contributed by atoms with Crippen LogP contribution in [-0.4, -0.2) is 56.7 Å². The molecule has 1 unspecified atom stereocenters. The molecule has 10 nitrogen and oxygen atoms in total. The summed E-state index contributed by atoms with van der Waals surface area (Å²) in [5, 5.41) is 7.66. The summed E-state index contributed by atoms with van der Waals surface area (Å²) in [4.78, 5) is 24.6. The number of fused-ring (bicyclic) bond motifs is 2. The van der Waals surface area contributed by atoms with Crippen LogP contribution in [0.5, 0.6) is 5.75 Å². The number of carbonyl (C=O) groups is 1. The van der Waals surface area contributed by atoms with Gasteiger partial charge in [0.05, 0.1) is 6.20 Å². The van der Waals surface area contributed by atoms with Gasteiger partial charge in [-0.1, -0.05) is 12.1 Å². The maximum absolute atomic E-state index is 14.8. The number of piperidine rings is 1. The van der Waals surface area contributed by atoms with E-state index in [0.29, 0.717) is 43.7 Å². The van der Waals surface area contributed by atoms with Gasteiger partial charge in [0.1, 0.15) is 28.6 Å². The molecule has 2 fully saturated rings. The molecule has 12 heteroatoms. The van der Waals surface area contributed by atoms with Crippen molar-refractivity contribution in [1.82, 2.24) is 25.1 Å². The normalized spacial score (nSPS) is 22.5. The van der Waals surface area contributed by atoms with Gasteiger partial charge in [0.15, 0.2) is 27.1 Å². The van der Waals surface area contributed by atoms with Gasteiger partial charge in [-0.25, -0.2) is 23.8 Å². The fourth-order valence-electron chi connectivity index (χ4n) is 5.68. The van der Waals surface area contributed by atoms with Crippen LogP contribution in [0.2, 0.25) is 0 Å². The fraction of sp³-hybridized carbons (Fsp3) is 0.556. The standard InChI is InChI=1S/C27H32FIN6O4/c1-26(2,3)39-25(36)32-22-16-7-6-8-17(28)21(16)38-27(22)10-12-34(13-11-27)18-15-30-20-23(29)33-35(24(20)31-18)19-9-4-5-14-37-19/h6-8,15,19,22H,4-5,9-14H2,1-3H3,(H,32,36)/t19?,22-/m1/s1. The number of amides is 1. The van der Waals surface area contributed by atoms with E-state index in [2.05, 4.69) is 42.9 Å². The zero-order valence-electron chi connectivity index (χ0n) is 22.2. The SMILES string of the molecule is CC(C)(C)OC(=O)N[C@@H]1c2cccc(F)c2OC12CCN(c1cnc3c(I)nn(C4CCCCO4)c3n1)CC2. The van der Waals surface area contributed by atoms with Crippen LogP contribution in [-0.2, 0) is 9.47 Å². The van der Waals surface area contributed by atoms with E-state index in [1.54, 1.807) is 18.3 Å². The summed E-state index contributed by atoms with van der Waals surface area (Å²) in [7, 11) is 0. The highest BCUT2D eigenvalue weighted by Gasteiger charge is 2.52. The second-order valence-electron chi connectivity index (χ2n) is 11.3. The van der Waals surface area contributed by atoms with Crippen LogP contribution >= 0.6 is 22.6 Å². The molecule has 3 aliphatic rings. The van der Waals surface area contributed by atoms with Gasteiger partial charge in [0.25, 0.3) is 0 Å². The molecule has 0 aliphatic carbocycles. The van der Waals surface area contributed by atoms with Crippen LogP contribution < -0.4 is 15.0 Å². The van der Waals surface area contributed by atoms with Crippen LogP contribution in [0, 0.1) is 9.52 Å². The largest absolute Gasteiger partial charge is 0.481 e. The number of nitrogens with zero attached hydrogens (tertiary/aromatic N) is 5. The molecule has 0 saturated carbocycles. The lowest BCUT2D eigenvalue weighted by Crippen LogP contribution is -2.54. The quantitative estimate of drug-likeness (QED) is 0.383. The van der Waals surface area contributed by atoms with Crippen molar-refractivity contribution in [2.24, 2.45) is 0 Å². The zero-order valence-corrected chi connectivity index (χ0v) is 24.4. The van der Waals surface area contributed by atoms with Crippen molar-refractivity contribution >= 4 is 45.7 Å². The Morgan fingerprint density at radius 2 is 2.05 bits per heavy atom. The van der Waals surface area contributed by atoms with E-state index in [0.717, 1.165) is 34.3 Å². The number of benzene rings is 1. The van der Waals surface area contributed by atoms with E-state index in [4.69, 9.17) is 19.2 Å². The second kappa shape index (κ2) is 10.0. The molecule has 3 aromatic rings. The van der Waals surface area contributed by atoms with Gasteiger partial charge < -0.3 is 24.4 Å². The van der Waals surface area contributed by atoms with Crippen molar-refractivity contribution in [2.45, 2.75) is 76.3 Å². The maximum Gasteiger partial charge on any atom is 0.408 e. The van der Waals surface area contributed by atoms with Crippen molar-refractivity contribution in [1.29, 1.82) is 0 Å². The average molecular weight is 650 g/mol. The molecule has 2 atom stereocenters. The topological polar surface area (TPSA) is 104 Å². The van der Waals surface area contributed by atoms with Crippen molar-refractivity contribution in [3.63, 3.8) is 0 Å². The van der Waals surface area contributed by atoms with Crippen LogP contribution in [0.25, 0.3) is 11.2 Å². The smallest absolute Gasteiger partial charge is 0.408 e. The predicted molar refractivity (Wildman–Crippen MR) is 150 cm³/mol. The monoisotopic (exact) mass is 650 g/mol. The van der Waals surface area contributed by atoms with Gasteiger partial charge >= 0.3 is 6.09 Å². The number of hydrogen-bond acceptors (Lipinski definition) is 8. The Bertz CT molecular complexity index is 1390. The summed E-state index contributed by atoms with van der Waals surface area (Å²) in [6, 6.07) is 4.28. The van der Waals surface area contributed by atoms with Crippen molar-refractivity contribution < 1.29 is 23.4 Å². The molecule has 6 rings (SSSR count). The molecule has 5 heterocycles. The molecule has 3 aliphatic heterocycles. The molecule has 208 valence electrons. The van der Waals surface area contributed by atoms with Crippen LogP contribution in [0.15, 0.2) is 24.4 Å². The number of alkyl carbamates (subject to hydrolysis) is 1. The van der Waals surface area contributed by atoms with Gasteiger partial charge in [-0.2, -0.15) is 5.10 Å². The summed E-state index contributed by atoms with van der Waals surface area (Å²) in [6.45, 7) is 7.33. The number of halogens is 2. The first-order valence-corrected chi connectivity index (χ1v) is 14.5. The lowest BCUT2D eigenvalue weighted by Gasteiger charge is -2.42. The number of nitrogens with one attached hydrogen (secondary N) is 1. The van der Waals surface area contributed by atoms with Gasteiger partial charge in [-0.05, 0) is 68.7 Å². The van der Waals surface area contributed by atoms with Crippen molar-refractivity contribution in [3.8, 4) is 5.75 Å². The molecular weight excluding hydrogens is 618 g/mol. The number of hydrogen-bond donors (Lipinski definition) is 1. The van der Waals surface area contributed by atoms with Gasteiger partial charge in [0, 0.05) is 38.1 Å². The Balaban J connectivity index is 1.25. The minimum atomic E-state index is -0.803. The molecule has 2 aromatic heterocycles. The van der Waals surface area contributed by atoms with E-state index in [-0.39, 0.29) is 12.0 Å². The molecule has 1 aromatic carbocycles. The number of aromatic nitrogens is 4. The first-order valence-electron chi connectivity index (χ1n) is 13.4. The maximum atomic E-state index is 14.8. The highest BCUT2D eigenvalue weighted by atomic mass is 127. The Morgan fingerprint density at radius 1 is 1.26 bits per heavy atom. The minimum absolute atomic E-state index is 0.140. The van der Waals surface area contributed by atoms with Gasteiger partial charge in [-0.15, -0.1) is 0 Å².